The number of carbonyl (C=O) groups is 1. The number of hydrogen-bond acceptors (Lipinski definition) is 2. The molecule has 1 aromatic rings. The van der Waals surface area contributed by atoms with Crippen molar-refractivity contribution in [3.8, 4) is 0 Å². The molecule has 0 aliphatic carbocycles. The third kappa shape index (κ3) is 2.86. The third-order valence-corrected chi connectivity index (χ3v) is 3.15. The van der Waals surface area contributed by atoms with Crippen molar-refractivity contribution in [3.63, 3.8) is 0 Å². The molecule has 1 unspecified atom stereocenters. The molecule has 0 saturated carbocycles. The lowest BCUT2D eigenvalue weighted by Gasteiger charge is -2.32. The van der Waals surface area contributed by atoms with E-state index in [4.69, 9.17) is 0 Å². The SMILES string of the molecule is CCCNC1CCCN(c2ccccc2)C1=O. The number of hydrogen-bond donors (Lipinski definition) is 1. The predicted octanol–water partition coefficient (Wildman–Crippen LogP) is 2.18. The van der Waals surface area contributed by atoms with Crippen LogP contribution in [0.15, 0.2) is 30.3 Å². The standard InChI is InChI=1S/C14H20N2O/c1-2-10-15-13-9-6-11-16(14(13)17)12-7-4-3-5-8-12/h3-5,7-8,13,15H,2,6,9-11H2,1H3. The quantitative estimate of drug-likeness (QED) is 0.863. The Balaban J connectivity index is 2.06. The molecule has 0 spiro atoms. The van der Waals surface area contributed by atoms with E-state index in [2.05, 4.69) is 12.2 Å². The number of piperidine rings is 1. The van der Waals surface area contributed by atoms with Gasteiger partial charge in [0, 0.05) is 12.2 Å². The molecule has 1 aliphatic rings. The summed E-state index contributed by atoms with van der Waals surface area (Å²) in [5.41, 5.74) is 1.01. The highest BCUT2D eigenvalue weighted by Crippen LogP contribution is 2.20. The van der Waals surface area contributed by atoms with Gasteiger partial charge in [-0.05, 0) is 37.9 Å². The van der Waals surface area contributed by atoms with E-state index in [0.717, 1.165) is 38.0 Å². The minimum Gasteiger partial charge on any atom is -0.311 e. The first-order valence-corrected chi connectivity index (χ1v) is 6.42. The van der Waals surface area contributed by atoms with Gasteiger partial charge in [0.2, 0.25) is 5.91 Å². The number of anilines is 1. The second-order valence-corrected chi connectivity index (χ2v) is 4.47. The van der Waals surface area contributed by atoms with E-state index in [9.17, 15) is 4.79 Å². The first-order chi connectivity index (χ1) is 8.33. The summed E-state index contributed by atoms with van der Waals surface area (Å²) >= 11 is 0. The van der Waals surface area contributed by atoms with Crippen LogP contribution in [-0.2, 0) is 4.79 Å². The Morgan fingerprint density at radius 3 is 2.82 bits per heavy atom. The molecule has 3 nitrogen and oxygen atoms in total. The fourth-order valence-corrected chi connectivity index (χ4v) is 2.25. The molecule has 1 aromatic carbocycles. The average Bonchev–Trinajstić information content (AvgIpc) is 2.39. The summed E-state index contributed by atoms with van der Waals surface area (Å²) in [4.78, 5) is 14.2. The molecule has 2 rings (SSSR count). The normalized spacial score (nSPS) is 20.6. The smallest absolute Gasteiger partial charge is 0.244 e. The highest BCUT2D eigenvalue weighted by molar-refractivity contribution is 5.97. The monoisotopic (exact) mass is 232 g/mol. The Morgan fingerprint density at radius 1 is 1.35 bits per heavy atom. The Bertz CT molecular complexity index is 364. The van der Waals surface area contributed by atoms with Crippen LogP contribution in [0.3, 0.4) is 0 Å². The first kappa shape index (κ1) is 12.1. The van der Waals surface area contributed by atoms with Crippen LogP contribution in [0.5, 0.6) is 0 Å². The Labute approximate surface area is 103 Å². The van der Waals surface area contributed by atoms with E-state index in [1.807, 2.05) is 35.2 Å². The molecule has 1 fully saturated rings. The molecule has 0 bridgehead atoms. The fourth-order valence-electron chi connectivity index (χ4n) is 2.25. The highest BCUT2D eigenvalue weighted by Gasteiger charge is 2.28. The lowest BCUT2D eigenvalue weighted by molar-refractivity contribution is -0.121. The van der Waals surface area contributed by atoms with Gasteiger partial charge >= 0.3 is 0 Å². The van der Waals surface area contributed by atoms with E-state index in [1.165, 1.54) is 0 Å². The Kier molecular flexibility index (Phi) is 4.15. The Morgan fingerprint density at radius 2 is 2.12 bits per heavy atom. The molecule has 0 aromatic heterocycles. The number of amides is 1. The molecule has 17 heavy (non-hydrogen) atoms. The number of rotatable bonds is 4. The van der Waals surface area contributed by atoms with Crippen molar-refractivity contribution in [3.05, 3.63) is 30.3 Å². The summed E-state index contributed by atoms with van der Waals surface area (Å²) in [6.45, 7) is 3.88. The molecule has 3 heteroatoms. The lowest BCUT2D eigenvalue weighted by atomic mass is 10.0. The number of benzene rings is 1. The average molecular weight is 232 g/mol. The predicted molar refractivity (Wildman–Crippen MR) is 70.1 cm³/mol. The van der Waals surface area contributed by atoms with Gasteiger partial charge in [0.05, 0.1) is 6.04 Å². The van der Waals surface area contributed by atoms with Gasteiger partial charge in [0.15, 0.2) is 0 Å². The van der Waals surface area contributed by atoms with Crippen LogP contribution in [0.25, 0.3) is 0 Å². The fraction of sp³-hybridized carbons (Fsp3) is 0.500. The maximum atomic E-state index is 12.3. The van der Waals surface area contributed by atoms with Gasteiger partial charge in [0.1, 0.15) is 0 Å². The van der Waals surface area contributed by atoms with Gasteiger partial charge < -0.3 is 10.2 Å². The van der Waals surface area contributed by atoms with Crippen LogP contribution < -0.4 is 10.2 Å². The molecular formula is C14H20N2O. The van der Waals surface area contributed by atoms with E-state index in [0.29, 0.717) is 0 Å². The summed E-state index contributed by atoms with van der Waals surface area (Å²) in [7, 11) is 0. The molecule has 0 radical (unpaired) electrons. The zero-order valence-corrected chi connectivity index (χ0v) is 10.4. The maximum absolute atomic E-state index is 12.3. The number of nitrogens with zero attached hydrogens (tertiary/aromatic N) is 1. The van der Waals surface area contributed by atoms with Crippen LogP contribution in [-0.4, -0.2) is 25.0 Å². The van der Waals surface area contributed by atoms with Crippen LogP contribution in [0, 0.1) is 0 Å². The van der Waals surface area contributed by atoms with Crippen molar-refractivity contribution in [1.82, 2.24) is 5.32 Å². The summed E-state index contributed by atoms with van der Waals surface area (Å²) in [5.74, 6) is 0.218. The second-order valence-electron chi connectivity index (χ2n) is 4.47. The highest BCUT2D eigenvalue weighted by atomic mass is 16.2. The molecule has 1 atom stereocenters. The first-order valence-electron chi connectivity index (χ1n) is 6.42. The molecule has 1 saturated heterocycles. The summed E-state index contributed by atoms with van der Waals surface area (Å²) in [6, 6.07) is 9.94. The molecule has 1 amide bonds. The Hall–Kier alpha value is -1.35. The van der Waals surface area contributed by atoms with E-state index in [1.54, 1.807) is 0 Å². The molecule has 1 N–H and O–H groups in total. The summed E-state index contributed by atoms with van der Waals surface area (Å²) < 4.78 is 0. The van der Waals surface area contributed by atoms with Crippen molar-refractivity contribution in [2.75, 3.05) is 18.0 Å². The lowest BCUT2D eigenvalue weighted by Crippen LogP contribution is -2.51. The molecule has 1 aliphatic heterocycles. The van der Waals surface area contributed by atoms with E-state index >= 15 is 0 Å². The summed E-state index contributed by atoms with van der Waals surface area (Å²) in [6.07, 6.45) is 3.10. The molecule has 92 valence electrons. The van der Waals surface area contributed by atoms with Crippen LogP contribution in [0.4, 0.5) is 5.69 Å². The van der Waals surface area contributed by atoms with Crippen molar-refractivity contribution >= 4 is 11.6 Å². The largest absolute Gasteiger partial charge is 0.311 e. The van der Waals surface area contributed by atoms with Gasteiger partial charge in [-0.2, -0.15) is 0 Å². The van der Waals surface area contributed by atoms with Crippen molar-refractivity contribution in [1.29, 1.82) is 0 Å². The maximum Gasteiger partial charge on any atom is 0.244 e. The van der Waals surface area contributed by atoms with E-state index < -0.39 is 0 Å². The van der Waals surface area contributed by atoms with Crippen LogP contribution >= 0.6 is 0 Å². The van der Waals surface area contributed by atoms with Gasteiger partial charge in [-0.25, -0.2) is 0 Å². The van der Waals surface area contributed by atoms with Gasteiger partial charge in [0.25, 0.3) is 0 Å². The zero-order chi connectivity index (χ0) is 12.1. The molecular weight excluding hydrogens is 212 g/mol. The third-order valence-electron chi connectivity index (χ3n) is 3.15. The van der Waals surface area contributed by atoms with Crippen LogP contribution in [0.2, 0.25) is 0 Å². The van der Waals surface area contributed by atoms with Crippen molar-refractivity contribution in [2.24, 2.45) is 0 Å². The van der Waals surface area contributed by atoms with Gasteiger partial charge in [-0.1, -0.05) is 25.1 Å². The summed E-state index contributed by atoms with van der Waals surface area (Å²) in [5, 5.41) is 3.33. The minimum absolute atomic E-state index is 0.00362. The van der Waals surface area contributed by atoms with E-state index in [-0.39, 0.29) is 11.9 Å². The zero-order valence-electron chi connectivity index (χ0n) is 10.4. The minimum atomic E-state index is 0.00362. The van der Waals surface area contributed by atoms with Gasteiger partial charge in [-0.15, -0.1) is 0 Å². The number of nitrogens with one attached hydrogen (secondary N) is 1. The number of carbonyl (C=O) groups excluding carboxylic acids is 1. The number of para-hydroxylation sites is 1. The van der Waals surface area contributed by atoms with Crippen LogP contribution in [0.1, 0.15) is 26.2 Å². The van der Waals surface area contributed by atoms with Crippen molar-refractivity contribution < 1.29 is 4.79 Å². The topological polar surface area (TPSA) is 32.3 Å². The van der Waals surface area contributed by atoms with Gasteiger partial charge in [-0.3, -0.25) is 4.79 Å². The van der Waals surface area contributed by atoms with Crippen molar-refractivity contribution in [2.45, 2.75) is 32.2 Å². The molecule has 1 heterocycles. The second kappa shape index (κ2) is 5.82.